The Morgan fingerprint density at radius 1 is 1.33 bits per heavy atom. The molecule has 1 heterocycles. The van der Waals surface area contributed by atoms with E-state index in [0.717, 1.165) is 12.1 Å². The van der Waals surface area contributed by atoms with Crippen molar-refractivity contribution < 1.29 is 8.78 Å². The monoisotopic (exact) mass is 271 g/mol. The highest BCUT2D eigenvalue weighted by atomic mass is 35.5. The van der Waals surface area contributed by atoms with Gasteiger partial charge in [-0.25, -0.2) is 13.5 Å². The smallest absolute Gasteiger partial charge is 0.141 e. The van der Waals surface area contributed by atoms with Crippen LogP contribution in [0.15, 0.2) is 18.3 Å². The van der Waals surface area contributed by atoms with Crippen LogP contribution in [-0.4, -0.2) is 9.78 Å². The van der Waals surface area contributed by atoms with Crippen LogP contribution in [-0.2, 0) is 0 Å². The van der Waals surface area contributed by atoms with Crippen molar-refractivity contribution in [1.82, 2.24) is 9.78 Å². The zero-order chi connectivity index (χ0) is 13.4. The third kappa shape index (κ3) is 2.06. The number of aryl methyl sites for hydroxylation is 1. The van der Waals surface area contributed by atoms with Gasteiger partial charge in [0.05, 0.1) is 12.2 Å². The van der Waals surface area contributed by atoms with Gasteiger partial charge in [-0.15, -0.1) is 0 Å². The fourth-order valence-electron chi connectivity index (χ4n) is 1.77. The maximum Gasteiger partial charge on any atom is 0.141 e. The summed E-state index contributed by atoms with van der Waals surface area (Å²) < 4.78 is 28.7. The van der Waals surface area contributed by atoms with Crippen molar-refractivity contribution in [2.45, 2.75) is 19.9 Å². The van der Waals surface area contributed by atoms with Crippen LogP contribution in [0.1, 0.15) is 24.1 Å². The second-order valence-electron chi connectivity index (χ2n) is 4.12. The molecule has 0 spiro atoms. The molecule has 0 bridgehead atoms. The Hall–Kier alpha value is -1.62. The molecule has 2 rings (SSSR count). The first-order valence-corrected chi connectivity index (χ1v) is 5.73. The Labute approximate surface area is 108 Å². The average molecular weight is 272 g/mol. The summed E-state index contributed by atoms with van der Waals surface area (Å²) >= 11 is 5.78. The van der Waals surface area contributed by atoms with Gasteiger partial charge in [0.25, 0.3) is 0 Å². The van der Waals surface area contributed by atoms with Gasteiger partial charge < -0.3 is 5.73 Å². The van der Waals surface area contributed by atoms with Gasteiger partial charge >= 0.3 is 0 Å². The highest BCUT2D eigenvalue weighted by Crippen LogP contribution is 2.28. The summed E-state index contributed by atoms with van der Waals surface area (Å²) in [5.41, 5.74) is 6.16. The van der Waals surface area contributed by atoms with Crippen LogP contribution in [0.25, 0.3) is 0 Å². The fourth-order valence-corrected chi connectivity index (χ4v) is 1.90. The van der Waals surface area contributed by atoms with Crippen LogP contribution in [0.4, 0.5) is 14.6 Å². The predicted octanol–water partition coefficient (Wildman–Crippen LogP) is 3.31. The van der Waals surface area contributed by atoms with E-state index >= 15 is 0 Å². The summed E-state index contributed by atoms with van der Waals surface area (Å²) in [6, 6.07) is 1.78. The van der Waals surface area contributed by atoms with E-state index in [1.807, 2.05) is 0 Å². The van der Waals surface area contributed by atoms with Crippen LogP contribution in [0.5, 0.6) is 0 Å². The third-order valence-corrected chi connectivity index (χ3v) is 3.17. The number of halogens is 3. The minimum atomic E-state index is -0.535. The molecule has 0 aliphatic heterocycles. The Morgan fingerprint density at radius 3 is 2.56 bits per heavy atom. The van der Waals surface area contributed by atoms with Gasteiger partial charge in [0.1, 0.15) is 22.5 Å². The van der Waals surface area contributed by atoms with Crippen molar-refractivity contribution >= 4 is 17.4 Å². The Kier molecular flexibility index (Phi) is 3.26. The highest BCUT2D eigenvalue weighted by molar-refractivity contribution is 6.32. The van der Waals surface area contributed by atoms with Crippen LogP contribution in [0.2, 0.25) is 5.02 Å². The van der Waals surface area contributed by atoms with Crippen molar-refractivity contribution in [1.29, 1.82) is 0 Å². The molecule has 6 heteroatoms. The molecule has 0 saturated carbocycles. The largest absolute Gasteiger partial charge is 0.383 e. The molecule has 1 aromatic heterocycles. The molecule has 1 unspecified atom stereocenters. The number of nitrogen functional groups attached to an aromatic ring is 1. The molecule has 3 nitrogen and oxygen atoms in total. The van der Waals surface area contributed by atoms with Gasteiger partial charge in [0, 0.05) is 5.56 Å². The molecule has 1 aromatic carbocycles. The van der Waals surface area contributed by atoms with Gasteiger partial charge in [0.2, 0.25) is 0 Å². The van der Waals surface area contributed by atoms with Crippen LogP contribution in [0, 0.1) is 18.6 Å². The Bertz CT molecular complexity index is 595. The summed E-state index contributed by atoms with van der Waals surface area (Å²) in [4.78, 5) is 0. The molecule has 0 aliphatic carbocycles. The number of hydrogen-bond donors (Lipinski definition) is 1. The van der Waals surface area contributed by atoms with Crippen LogP contribution < -0.4 is 5.73 Å². The van der Waals surface area contributed by atoms with Crippen LogP contribution >= 0.6 is 11.6 Å². The van der Waals surface area contributed by atoms with Gasteiger partial charge in [0.15, 0.2) is 0 Å². The lowest BCUT2D eigenvalue weighted by atomic mass is 10.1. The number of rotatable bonds is 2. The summed E-state index contributed by atoms with van der Waals surface area (Å²) in [5, 5.41) is 4.24. The number of anilines is 1. The van der Waals surface area contributed by atoms with E-state index in [-0.39, 0.29) is 22.0 Å². The SMILES string of the molecule is Cc1cc(F)c(C(C)n2ncc(Cl)c2N)cc1F. The van der Waals surface area contributed by atoms with E-state index in [1.165, 1.54) is 17.8 Å². The van der Waals surface area contributed by atoms with Gasteiger partial charge in [-0.05, 0) is 31.5 Å². The van der Waals surface area contributed by atoms with E-state index in [1.54, 1.807) is 6.92 Å². The normalized spacial score (nSPS) is 12.7. The number of benzene rings is 1. The zero-order valence-corrected chi connectivity index (χ0v) is 10.7. The first-order valence-electron chi connectivity index (χ1n) is 5.36. The summed E-state index contributed by atoms with van der Waals surface area (Å²) in [6.45, 7) is 3.18. The maximum absolute atomic E-state index is 13.8. The van der Waals surface area contributed by atoms with E-state index in [0.29, 0.717) is 0 Å². The van der Waals surface area contributed by atoms with Gasteiger partial charge in [-0.3, -0.25) is 0 Å². The third-order valence-electron chi connectivity index (χ3n) is 2.88. The van der Waals surface area contributed by atoms with Crippen LogP contribution in [0.3, 0.4) is 0 Å². The van der Waals surface area contributed by atoms with Crippen molar-refractivity contribution in [3.63, 3.8) is 0 Å². The molecule has 2 aromatic rings. The van der Waals surface area contributed by atoms with E-state index in [2.05, 4.69) is 5.10 Å². The number of hydrogen-bond acceptors (Lipinski definition) is 2. The second kappa shape index (κ2) is 4.57. The van der Waals surface area contributed by atoms with Crippen molar-refractivity contribution in [3.05, 3.63) is 46.1 Å². The average Bonchev–Trinajstić information content (AvgIpc) is 2.64. The summed E-state index contributed by atoms with van der Waals surface area (Å²) in [7, 11) is 0. The molecular weight excluding hydrogens is 260 g/mol. The molecule has 0 amide bonds. The summed E-state index contributed by atoms with van der Waals surface area (Å²) in [5.74, 6) is -0.730. The molecule has 0 radical (unpaired) electrons. The molecular formula is C12H12ClF2N3. The molecule has 1 atom stereocenters. The minimum absolute atomic E-state index is 0.185. The summed E-state index contributed by atoms with van der Waals surface area (Å²) in [6.07, 6.45) is 1.37. The fraction of sp³-hybridized carbons (Fsp3) is 0.250. The Balaban J connectivity index is 2.49. The van der Waals surface area contributed by atoms with E-state index in [4.69, 9.17) is 17.3 Å². The quantitative estimate of drug-likeness (QED) is 0.911. The lowest BCUT2D eigenvalue weighted by molar-refractivity contribution is 0.515. The van der Waals surface area contributed by atoms with E-state index < -0.39 is 17.7 Å². The molecule has 2 N–H and O–H groups in total. The van der Waals surface area contributed by atoms with Gasteiger partial charge in [-0.2, -0.15) is 5.10 Å². The lowest BCUT2D eigenvalue weighted by Crippen LogP contribution is -2.13. The molecule has 0 aliphatic rings. The first kappa shape index (κ1) is 12.8. The molecule has 18 heavy (non-hydrogen) atoms. The topological polar surface area (TPSA) is 43.8 Å². The molecule has 96 valence electrons. The second-order valence-corrected chi connectivity index (χ2v) is 4.53. The maximum atomic E-state index is 13.8. The standard InChI is InChI=1S/C12H12ClF2N3/c1-6-3-11(15)8(4-10(6)14)7(2)18-12(16)9(13)5-17-18/h3-5,7H,16H2,1-2H3. The lowest BCUT2D eigenvalue weighted by Gasteiger charge is -2.16. The van der Waals surface area contributed by atoms with Crippen molar-refractivity contribution in [2.75, 3.05) is 5.73 Å². The molecule has 0 saturated heterocycles. The van der Waals surface area contributed by atoms with E-state index in [9.17, 15) is 8.78 Å². The Morgan fingerprint density at radius 2 is 2.00 bits per heavy atom. The predicted molar refractivity (Wildman–Crippen MR) is 66.6 cm³/mol. The van der Waals surface area contributed by atoms with Crippen molar-refractivity contribution in [2.24, 2.45) is 0 Å². The van der Waals surface area contributed by atoms with Crippen molar-refractivity contribution in [3.8, 4) is 0 Å². The number of nitrogens with zero attached hydrogens (tertiary/aromatic N) is 2. The molecule has 0 fully saturated rings. The first-order chi connectivity index (χ1) is 8.41. The number of aromatic nitrogens is 2. The zero-order valence-electron chi connectivity index (χ0n) is 9.92. The minimum Gasteiger partial charge on any atom is -0.383 e. The van der Waals surface area contributed by atoms with Gasteiger partial charge in [-0.1, -0.05) is 11.6 Å². The number of nitrogens with two attached hydrogens (primary N) is 1. The highest BCUT2D eigenvalue weighted by Gasteiger charge is 2.18.